The van der Waals surface area contributed by atoms with Crippen molar-refractivity contribution in [3.05, 3.63) is 71.8 Å². The minimum Gasteiger partial charge on any atom is -0.389 e. The molecule has 1 atom stereocenters. The normalized spacial score (nSPS) is 15.5. The van der Waals surface area contributed by atoms with Gasteiger partial charge in [-0.15, -0.1) is 0 Å². The SMILES string of the molecule is CCCN(CC1CC1)C[C@@H](O)COC(c1ccccc1)c1ccccc1. The maximum absolute atomic E-state index is 10.6. The molecular weight excluding hydrogens is 322 g/mol. The van der Waals surface area contributed by atoms with Crippen LogP contribution in [0.5, 0.6) is 0 Å². The molecular formula is C23H31NO2. The fourth-order valence-electron chi connectivity index (χ4n) is 3.44. The highest BCUT2D eigenvalue weighted by molar-refractivity contribution is 5.29. The van der Waals surface area contributed by atoms with Gasteiger partial charge in [0, 0.05) is 13.1 Å². The molecule has 1 saturated carbocycles. The van der Waals surface area contributed by atoms with Gasteiger partial charge in [-0.05, 0) is 42.9 Å². The maximum Gasteiger partial charge on any atom is 0.108 e. The molecule has 26 heavy (non-hydrogen) atoms. The van der Waals surface area contributed by atoms with Gasteiger partial charge in [-0.1, -0.05) is 67.6 Å². The minimum absolute atomic E-state index is 0.143. The monoisotopic (exact) mass is 353 g/mol. The summed E-state index contributed by atoms with van der Waals surface area (Å²) in [7, 11) is 0. The van der Waals surface area contributed by atoms with Crippen LogP contribution in [0.3, 0.4) is 0 Å². The molecule has 1 N–H and O–H groups in total. The number of nitrogens with zero attached hydrogens (tertiary/aromatic N) is 1. The number of benzene rings is 2. The minimum atomic E-state index is -0.463. The third-order valence-corrected chi connectivity index (χ3v) is 4.88. The lowest BCUT2D eigenvalue weighted by Gasteiger charge is -2.26. The van der Waals surface area contributed by atoms with Gasteiger partial charge in [0.15, 0.2) is 0 Å². The lowest BCUT2D eigenvalue weighted by atomic mass is 10.0. The van der Waals surface area contributed by atoms with Crippen molar-refractivity contribution in [2.24, 2.45) is 5.92 Å². The third-order valence-electron chi connectivity index (χ3n) is 4.88. The summed E-state index contributed by atoms with van der Waals surface area (Å²) < 4.78 is 6.20. The molecule has 0 heterocycles. The van der Waals surface area contributed by atoms with Crippen molar-refractivity contribution in [3.8, 4) is 0 Å². The molecule has 0 aromatic heterocycles. The zero-order valence-corrected chi connectivity index (χ0v) is 15.8. The van der Waals surface area contributed by atoms with E-state index < -0.39 is 6.10 Å². The zero-order valence-electron chi connectivity index (χ0n) is 15.8. The lowest BCUT2D eigenvalue weighted by molar-refractivity contribution is -0.00890. The first-order chi connectivity index (χ1) is 12.8. The Kier molecular flexibility index (Phi) is 7.24. The molecule has 3 nitrogen and oxygen atoms in total. The molecule has 0 radical (unpaired) electrons. The van der Waals surface area contributed by atoms with Crippen LogP contribution in [0.15, 0.2) is 60.7 Å². The van der Waals surface area contributed by atoms with E-state index in [0.29, 0.717) is 13.2 Å². The van der Waals surface area contributed by atoms with Gasteiger partial charge in [0.25, 0.3) is 0 Å². The zero-order chi connectivity index (χ0) is 18.2. The first kappa shape index (κ1) is 19.1. The molecule has 2 aromatic rings. The molecule has 3 heteroatoms. The van der Waals surface area contributed by atoms with Crippen LogP contribution in [0.2, 0.25) is 0 Å². The van der Waals surface area contributed by atoms with E-state index >= 15 is 0 Å². The number of aliphatic hydroxyl groups is 1. The highest BCUT2D eigenvalue weighted by Gasteiger charge is 2.25. The van der Waals surface area contributed by atoms with Crippen molar-refractivity contribution >= 4 is 0 Å². The van der Waals surface area contributed by atoms with Gasteiger partial charge in [-0.25, -0.2) is 0 Å². The van der Waals surface area contributed by atoms with Gasteiger partial charge < -0.3 is 14.7 Å². The summed E-state index contributed by atoms with van der Waals surface area (Å²) in [6, 6.07) is 20.5. The van der Waals surface area contributed by atoms with E-state index in [4.69, 9.17) is 4.74 Å². The standard InChI is InChI=1S/C23H31NO2/c1-2-15-24(16-19-13-14-19)17-22(25)18-26-23(20-9-5-3-6-10-20)21-11-7-4-8-12-21/h3-12,19,22-23,25H,2,13-18H2,1H3/t22-/m1/s1. The summed E-state index contributed by atoms with van der Waals surface area (Å²) in [6.07, 6.45) is 3.20. The van der Waals surface area contributed by atoms with Gasteiger partial charge in [0.05, 0.1) is 12.7 Å². The fourth-order valence-corrected chi connectivity index (χ4v) is 3.44. The van der Waals surface area contributed by atoms with Crippen LogP contribution in [-0.2, 0) is 4.74 Å². The van der Waals surface area contributed by atoms with E-state index in [9.17, 15) is 5.11 Å². The fraction of sp³-hybridized carbons (Fsp3) is 0.478. The smallest absolute Gasteiger partial charge is 0.108 e. The summed E-state index contributed by atoms with van der Waals surface area (Å²) in [6.45, 7) is 5.41. The van der Waals surface area contributed by atoms with Crippen LogP contribution in [0.1, 0.15) is 43.4 Å². The second-order valence-corrected chi connectivity index (χ2v) is 7.39. The molecule has 2 aromatic carbocycles. The van der Waals surface area contributed by atoms with E-state index in [1.807, 2.05) is 36.4 Å². The van der Waals surface area contributed by atoms with Gasteiger partial charge >= 0.3 is 0 Å². The lowest BCUT2D eigenvalue weighted by Crippen LogP contribution is -2.37. The average molecular weight is 354 g/mol. The Bertz CT molecular complexity index is 588. The van der Waals surface area contributed by atoms with E-state index in [2.05, 4.69) is 36.1 Å². The highest BCUT2D eigenvalue weighted by atomic mass is 16.5. The van der Waals surface area contributed by atoms with Crippen LogP contribution >= 0.6 is 0 Å². The first-order valence-corrected chi connectivity index (χ1v) is 9.88. The summed E-state index contributed by atoms with van der Waals surface area (Å²) in [5.41, 5.74) is 2.24. The molecule has 1 aliphatic rings. The van der Waals surface area contributed by atoms with E-state index in [1.165, 1.54) is 12.8 Å². The number of ether oxygens (including phenoxy) is 1. The Morgan fingerprint density at radius 1 is 1.00 bits per heavy atom. The van der Waals surface area contributed by atoms with Crippen LogP contribution in [0, 0.1) is 5.92 Å². The van der Waals surface area contributed by atoms with Crippen molar-refractivity contribution in [2.75, 3.05) is 26.2 Å². The summed E-state index contributed by atoms with van der Waals surface area (Å²) >= 11 is 0. The summed E-state index contributed by atoms with van der Waals surface area (Å²) in [4.78, 5) is 2.39. The van der Waals surface area contributed by atoms with Crippen LogP contribution in [-0.4, -0.2) is 42.4 Å². The number of aliphatic hydroxyl groups excluding tert-OH is 1. The Morgan fingerprint density at radius 2 is 1.58 bits per heavy atom. The predicted molar refractivity (Wildman–Crippen MR) is 106 cm³/mol. The highest BCUT2D eigenvalue weighted by Crippen LogP contribution is 2.30. The van der Waals surface area contributed by atoms with Crippen molar-refractivity contribution in [1.29, 1.82) is 0 Å². The molecule has 1 fully saturated rings. The van der Waals surface area contributed by atoms with Crippen molar-refractivity contribution in [2.45, 2.75) is 38.4 Å². The van der Waals surface area contributed by atoms with E-state index in [1.54, 1.807) is 0 Å². The molecule has 0 spiro atoms. The first-order valence-electron chi connectivity index (χ1n) is 9.88. The Labute approximate surface area is 157 Å². The molecule has 0 bridgehead atoms. The number of hydrogen-bond donors (Lipinski definition) is 1. The Hall–Kier alpha value is -1.68. The number of rotatable bonds is 11. The molecule has 3 rings (SSSR count). The van der Waals surface area contributed by atoms with Crippen LogP contribution < -0.4 is 0 Å². The third kappa shape index (κ3) is 5.94. The largest absolute Gasteiger partial charge is 0.389 e. The van der Waals surface area contributed by atoms with Crippen LogP contribution in [0.25, 0.3) is 0 Å². The van der Waals surface area contributed by atoms with Gasteiger partial charge in [-0.3, -0.25) is 0 Å². The molecule has 0 unspecified atom stereocenters. The maximum atomic E-state index is 10.6. The Balaban J connectivity index is 1.60. The number of hydrogen-bond acceptors (Lipinski definition) is 3. The molecule has 0 aliphatic heterocycles. The van der Waals surface area contributed by atoms with E-state index in [0.717, 1.165) is 36.6 Å². The summed E-state index contributed by atoms with van der Waals surface area (Å²) in [5.74, 6) is 0.844. The second-order valence-electron chi connectivity index (χ2n) is 7.39. The molecule has 140 valence electrons. The van der Waals surface area contributed by atoms with Gasteiger partial charge in [0.1, 0.15) is 6.10 Å². The quantitative estimate of drug-likeness (QED) is 0.655. The molecule has 0 amide bonds. The average Bonchev–Trinajstić information content (AvgIpc) is 3.48. The predicted octanol–water partition coefficient (Wildman–Crippen LogP) is 4.28. The topological polar surface area (TPSA) is 32.7 Å². The van der Waals surface area contributed by atoms with Gasteiger partial charge in [0.2, 0.25) is 0 Å². The van der Waals surface area contributed by atoms with Crippen molar-refractivity contribution < 1.29 is 9.84 Å². The second kappa shape index (κ2) is 9.86. The Morgan fingerprint density at radius 3 is 2.08 bits per heavy atom. The van der Waals surface area contributed by atoms with Gasteiger partial charge in [-0.2, -0.15) is 0 Å². The molecule has 1 aliphatic carbocycles. The van der Waals surface area contributed by atoms with Crippen molar-refractivity contribution in [3.63, 3.8) is 0 Å². The van der Waals surface area contributed by atoms with Crippen molar-refractivity contribution in [1.82, 2.24) is 4.90 Å². The van der Waals surface area contributed by atoms with E-state index in [-0.39, 0.29) is 6.10 Å². The summed E-state index contributed by atoms with van der Waals surface area (Å²) in [5, 5.41) is 10.6. The molecule has 0 saturated heterocycles. The van der Waals surface area contributed by atoms with Crippen LogP contribution in [0.4, 0.5) is 0 Å².